The molecule has 260 valence electrons. The van der Waals surface area contributed by atoms with Gasteiger partial charge in [0.15, 0.2) is 46.7 Å². The minimum atomic E-state index is 0.549. The third-order valence-corrected chi connectivity index (χ3v) is 11.7. The highest BCUT2D eigenvalue weighted by Gasteiger charge is 2.32. The Balaban J connectivity index is 1.13. The third-order valence-electron chi connectivity index (χ3n) is 11.7. The maximum atomic E-state index is 5.23. The number of anilines is 1. The molecule has 6 aromatic rings. The largest absolute Gasteiger partial charge is 0.372 e. The molecule has 0 spiro atoms. The molecule has 0 N–H and O–H groups in total. The van der Waals surface area contributed by atoms with Crippen molar-refractivity contribution >= 4 is 73.9 Å². The van der Waals surface area contributed by atoms with E-state index < -0.39 is 0 Å². The summed E-state index contributed by atoms with van der Waals surface area (Å²) in [5, 5.41) is 4.89. The van der Waals surface area contributed by atoms with E-state index in [9.17, 15) is 0 Å². The SMILES string of the molecule is Cc1c2ccc(N3CCCC3)cc2c(C)c2cc3c(cc12)C1=NC2=NC(=NC4=NC(=NC5=NC(=NC3=N1)c1ccccc15)c1ccccc14)c1ccccc12. The summed E-state index contributed by atoms with van der Waals surface area (Å²) in [4.78, 5) is 43.3. The third kappa shape index (κ3) is 4.46. The number of fused-ring (bicyclic) bond motifs is 18. The Morgan fingerprint density at radius 1 is 0.345 bits per heavy atom. The van der Waals surface area contributed by atoms with E-state index in [2.05, 4.69) is 49.1 Å². The fourth-order valence-corrected chi connectivity index (χ4v) is 8.81. The number of amidine groups is 8. The Bertz CT molecular complexity index is 3060. The monoisotopic (exact) mass is 709 g/mol. The van der Waals surface area contributed by atoms with Crippen molar-refractivity contribution in [1.29, 1.82) is 0 Å². The van der Waals surface area contributed by atoms with Crippen LogP contribution in [0.3, 0.4) is 0 Å². The van der Waals surface area contributed by atoms with Crippen LogP contribution >= 0.6 is 0 Å². The van der Waals surface area contributed by atoms with Gasteiger partial charge in [0.25, 0.3) is 0 Å². The summed E-state index contributed by atoms with van der Waals surface area (Å²) in [6.45, 7) is 6.68. The fraction of sp³-hybridized carbons (Fsp3) is 0.130. The van der Waals surface area contributed by atoms with Crippen molar-refractivity contribution in [1.82, 2.24) is 0 Å². The second-order valence-corrected chi connectivity index (χ2v) is 14.7. The van der Waals surface area contributed by atoms with Crippen molar-refractivity contribution in [3.05, 3.63) is 159 Å². The number of rotatable bonds is 1. The number of hydrogen-bond donors (Lipinski definition) is 0. The number of aryl methyl sites for hydroxylation is 2. The van der Waals surface area contributed by atoms with Crippen LogP contribution in [-0.4, -0.2) is 59.8 Å². The summed E-state index contributed by atoms with van der Waals surface area (Å²) in [7, 11) is 0. The highest BCUT2D eigenvalue weighted by atomic mass is 15.2. The summed E-state index contributed by atoms with van der Waals surface area (Å²) in [5.74, 6) is 4.41. The smallest absolute Gasteiger partial charge is 0.164 e. The first-order chi connectivity index (χ1) is 27.1. The molecule has 6 aromatic carbocycles. The molecule has 0 aromatic heterocycles. The van der Waals surface area contributed by atoms with Crippen LogP contribution in [0.4, 0.5) is 5.69 Å². The minimum Gasteiger partial charge on any atom is -0.372 e. The van der Waals surface area contributed by atoms with Gasteiger partial charge in [-0.2, -0.15) is 0 Å². The predicted molar refractivity (Wildman–Crippen MR) is 224 cm³/mol. The first-order valence-corrected chi connectivity index (χ1v) is 18.8. The molecule has 12 rings (SSSR count). The summed E-state index contributed by atoms with van der Waals surface area (Å²) in [6, 6.07) is 35.6. The van der Waals surface area contributed by atoms with Crippen molar-refractivity contribution in [3.8, 4) is 0 Å². The zero-order valence-electron chi connectivity index (χ0n) is 30.2. The lowest BCUT2D eigenvalue weighted by atomic mass is 9.90. The molecule has 1 saturated heterocycles. The Morgan fingerprint density at radius 2 is 0.655 bits per heavy atom. The lowest BCUT2D eigenvalue weighted by molar-refractivity contribution is 0.949. The second kappa shape index (κ2) is 11.3. The number of nitrogens with zero attached hydrogens (tertiary/aromatic N) is 9. The van der Waals surface area contributed by atoms with Crippen LogP contribution in [-0.2, 0) is 0 Å². The number of hydrogen-bond acceptors (Lipinski definition) is 9. The van der Waals surface area contributed by atoms with Crippen LogP contribution in [0.1, 0.15) is 68.5 Å². The highest BCUT2D eigenvalue weighted by molar-refractivity contribution is 6.36. The van der Waals surface area contributed by atoms with E-state index in [4.69, 9.17) is 39.9 Å². The van der Waals surface area contributed by atoms with Crippen LogP contribution in [0.15, 0.2) is 143 Å². The molecule has 6 aliphatic heterocycles. The van der Waals surface area contributed by atoms with Crippen molar-refractivity contribution in [3.63, 3.8) is 0 Å². The molecule has 0 aliphatic carbocycles. The molecule has 6 heterocycles. The Labute approximate surface area is 316 Å². The van der Waals surface area contributed by atoms with Crippen LogP contribution in [0.25, 0.3) is 21.5 Å². The summed E-state index contributed by atoms with van der Waals surface area (Å²) in [6.07, 6.45) is 2.49. The van der Waals surface area contributed by atoms with Gasteiger partial charge < -0.3 is 4.90 Å². The van der Waals surface area contributed by atoms with Crippen LogP contribution < -0.4 is 4.90 Å². The second-order valence-electron chi connectivity index (χ2n) is 14.7. The van der Waals surface area contributed by atoms with E-state index in [0.29, 0.717) is 46.7 Å². The molecule has 55 heavy (non-hydrogen) atoms. The maximum absolute atomic E-state index is 5.23. The maximum Gasteiger partial charge on any atom is 0.164 e. The average Bonchev–Trinajstić information content (AvgIpc) is 4.06. The van der Waals surface area contributed by atoms with E-state index in [1.165, 1.54) is 51.2 Å². The zero-order chi connectivity index (χ0) is 36.4. The van der Waals surface area contributed by atoms with E-state index in [1.54, 1.807) is 0 Å². The van der Waals surface area contributed by atoms with Gasteiger partial charge in [0, 0.05) is 63.3 Å². The van der Waals surface area contributed by atoms with Gasteiger partial charge in [0.2, 0.25) is 0 Å². The van der Waals surface area contributed by atoms with Gasteiger partial charge in [0.1, 0.15) is 0 Å². The number of aliphatic imine (C=N–C) groups is 8. The number of benzene rings is 6. The Morgan fingerprint density at radius 3 is 1.02 bits per heavy atom. The van der Waals surface area contributed by atoms with E-state index >= 15 is 0 Å². The topological polar surface area (TPSA) is 102 Å². The quantitative estimate of drug-likeness (QED) is 0.158. The van der Waals surface area contributed by atoms with Gasteiger partial charge in [-0.15, -0.1) is 0 Å². The lowest BCUT2D eigenvalue weighted by Crippen LogP contribution is -2.17. The van der Waals surface area contributed by atoms with Crippen molar-refractivity contribution in [2.24, 2.45) is 39.9 Å². The van der Waals surface area contributed by atoms with Gasteiger partial charge in [-0.3, -0.25) is 0 Å². The van der Waals surface area contributed by atoms with Crippen LogP contribution in [0.5, 0.6) is 0 Å². The van der Waals surface area contributed by atoms with Gasteiger partial charge in [-0.1, -0.05) is 78.9 Å². The van der Waals surface area contributed by atoms with Crippen molar-refractivity contribution in [2.75, 3.05) is 18.0 Å². The molecule has 8 bridgehead atoms. The van der Waals surface area contributed by atoms with Gasteiger partial charge >= 0.3 is 0 Å². The Kier molecular flexibility index (Phi) is 6.23. The van der Waals surface area contributed by atoms with E-state index in [1.807, 2.05) is 72.8 Å². The Hall–Kier alpha value is -7.00. The molecule has 9 heteroatoms. The summed E-state index contributed by atoms with van der Waals surface area (Å²) in [5.41, 5.74) is 10.9. The predicted octanol–water partition coefficient (Wildman–Crippen LogP) is 8.35. The summed E-state index contributed by atoms with van der Waals surface area (Å²) < 4.78 is 0. The van der Waals surface area contributed by atoms with Crippen LogP contribution in [0, 0.1) is 13.8 Å². The van der Waals surface area contributed by atoms with Gasteiger partial charge in [0.05, 0.1) is 0 Å². The molecule has 9 nitrogen and oxygen atoms in total. The minimum absolute atomic E-state index is 0.549. The molecular weight excluding hydrogens is 679 g/mol. The molecular formula is C46H31N9. The van der Waals surface area contributed by atoms with Crippen molar-refractivity contribution < 1.29 is 0 Å². The van der Waals surface area contributed by atoms with E-state index in [-0.39, 0.29) is 0 Å². The van der Waals surface area contributed by atoms with E-state index in [0.717, 1.165) is 57.6 Å². The lowest BCUT2D eigenvalue weighted by Gasteiger charge is -2.20. The average molecular weight is 710 g/mol. The molecule has 0 amide bonds. The molecule has 0 saturated carbocycles. The first-order valence-electron chi connectivity index (χ1n) is 18.8. The molecule has 0 radical (unpaired) electrons. The molecule has 0 unspecified atom stereocenters. The zero-order valence-corrected chi connectivity index (χ0v) is 30.2. The van der Waals surface area contributed by atoms with Crippen molar-refractivity contribution in [2.45, 2.75) is 26.7 Å². The van der Waals surface area contributed by atoms with Crippen LogP contribution in [0.2, 0.25) is 0 Å². The molecule has 1 fully saturated rings. The van der Waals surface area contributed by atoms with Gasteiger partial charge in [-0.05, 0) is 83.6 Å². The van der Waals surface area contributed by atoms with Gasteiger partial charge in [-0.25, -0.2) is 39.9 Å². The highest BCUT2D eigenvalue weighted by Crippen LogP contribution is 2.39. The fourth-order valence-electron chi connectivity index (χ4n) is 8.81. The molecule has 0 atom stereocenters. The first kappa shape index (κ1) is 30.5. The molecule has 6 aliphatic rings. The summed E-state index contributed by atoms with van der Waals surface area (Å²) >= 11 is 0. The standard InChI is InChI=1S/C46H31N9/c1-24-27-18-17-26(55-19-9-10-20-55)21-34(27)25(2)36-23-38-37(22-35(24)36)45-52-43-32-15-7-5-13-30(32)41(50-43)48-39-28-11-3-4-12-29(28)40(47-39)49-42-31-14-6-8-16-33(31)44(51-42)53-46(38)54-45/h3-8,11-18,21-23H,9-10,19-20H2,1-2H3. The normalized spacial score (nSPS) is 17.5.